The summed E-state index contributed by atoms with van der Waals surface area (Å²) < 4.78 is 61.8. The highest BCUT2D eigenvalue weighted by molar-refractivity contribution is 5.26. The molecule has 1 spiro atoms. The van der Waals surface area contributed by atoms with Gasteiger partial charge in [0.15, 0.2) is 30.9 Å². The fourth-order valence-corrected chi connectivity index (χ4v) is 15.1. The number of allylic oxidation sites excluding steroid dienone is 1. The van der Waals surface area contributed by atoms with Crippen LogP contribution in [0.15, 0.2) is 11.6 Å². The third kappa shape index (κ3) is 9.22. The summed E-state index contributed by atoms with van der Waals surface area (Å²) in [4.78, 5) is 0. The fraction of sp³-hybridized carbons (Fsp3) is 0.960. The summed E-state index contributed by atoms with van der Waals surface area (Å²) in [6, 6.07) is 0. The lowest BCUT2D eigenvalue weighted by molar-refractivity contribution is -0.395. The fourth-order valence-electron chi connectivity index (χ4n) is 15.1. The highest BCUT2D eigenvalue weighted by Gasteiger charge is 2.69. The molecule has 0 radical (unpaired) electrons. The average molecular weight is 1020 g/mol. The third-order valence-corrected chi connectivity index (χ3v) is 19.4. The van der Waals surface area contributed by atoms with E-state index < -0.39 is 142 Å². The Hall–Kier alpha value is -1.10. The van der Waals surface area contributed by atoms with Gasteiger partial charge in [-0.25, -0.2) is 0 Å². The van der Waals surface area contributed by atoms with E-state index in [4.69, 9.17) is 47.4 Å². The molecule has 21 heteroatoms. The monoisotopic (exact) mass is 1020 g/mol. The van der Waals surface area contributed by atoms with Crippen LogP contribution < -0.4 is 0 Å². The summed E-state index contributed by atoms with van der Waals surface area (Å²) in [5.41, 5.74) is 1.35. The van der Waals surface area contributed by atoms with E-state index in [1.54, 1.807) is 0 Å². The number of rotatable bonds is 10. The first-order valence-electron chi connectivity index (χ1n) is 26.3. The van der Waals surface area contributed by atoms with Crippen LogP contribution in [-0.4, -0.2) is 217 Å². The van der Waals surface area contributed by atoms with Crippen molar-refractivity contribution in [2.45, 2.75) is 227 Å². The average Bonchev–Trinajstić information content (AvgIpc) is 3.80. The molecule has 11 N–H and O–H groups in total. The van der Waals surface area contributed by atoms with Crippen molar-refractivity contribution < 1.29 is 104 Å². The normalized spacial score (nSPS) is 57.4. The van der Waals surface area contributed by atoms with Crippen LogP contribution in [-0.2, 0) is 47.4 Å². The molecule has 0 unspecified atom stereocenters. The van der Waals surface area contributed by atoms with Gasteiger partial charge in [0.05, 0.1) is 44.7 Å². The Morgan fingerprint density at radius 2 is 1.34 bits per heavy atom. The zero-order valence-corrected chi connectivity index (χ0v) is 41.4. The second-order valence-electron chi connectivity index (χ2n) is 23.5. The van der Waals surface area contributed by atoms with Gasteiger partial charge in [0, 0.05) is 12.3 Å². The molecule has 10 rings (SSSR count). The molecule has 21 nitrogen and oxygen atoms in total. The summed E-state index contributed by atoms with van der Waals surface area (Å²) in [6.45, 7) is 10.0. The van der Waals surface area contributed by atoms with E-state index in [-0.39, 0.29) is 23.5 Å². The van der Waals surface area contributed by atoms with Gasteiger partial charge < -0.3 is 104 Å². The Morgan fingerprint density at radius 3 is 2.06 bits per heavy atom. The highest BCUT2D eigenvalue weighted by Crippen LogP contribution is 2.70. The third-order valence-electron chi connectivity index (χ3n) is 19.4. The molecule has 6 aliphatic heterocycles. The molecule has 0 amide bonds. The van der Waals surface area contributed by atoms with Crippen LogP contribution in [0.1, 0.15) is 92.4 Å². The molecule has 4 aliphatic carbocycles. The molecule has 0 aromatic rings. The predicted octanol–water partition coefficient (Wildman–Crippen LogP) is -1.32. The molecular weight excluding hydrogens is 937 g/mol. The van der Waals surface area contributed by atoms with Crippen molar-refractivity contribution in [2.75, 3.05) is 26.4 Å². The van der Waals surface area contributed by atoms with Crippen LogP contribution in [0.2, 0.25) is 0 Å². The van der Waals surface area contributed by atoms with Crippen LogP contribution >= 0.6 is 0 Å². The molecule has 3 saturated carbocycles. The molecule has 9 fully saturated rings. The van der Waals surface area contributed by atoms with Crippen molar-refractivity contribution in [3.63, 3.8) is 0 Å². The van der Waals surface area contributed by atoms with Gasteiger partial charge in [0.2, 0.25) is 0 Å². The van der Waals surface area contributed by atoms with Gasteiger partial charge in [-0.15, -0.1) is 0 Å². The Bertz CT molecular complexity index is 1870. The number of ether oxygens (including phenoxy) is 10. The highest BCUT2D eigenvalue weighted by atomic mass is 16.8. The van der Waals surface area contributed by atoms with Crippen molar-refractivity contribution >= 4 is 0 Å². The second kappa shape index (κ2) is 20.4. The van der Waals surface area contributed by atoms with Crippen molar-refractivity contribution in [1.29, 1.82) is 0 Å². The van der Waals surface area contributed by atoms with Gasteiger partial charge in [0.25, 0.3) is 0 Å². The van der Waals surface area contributed by atoms with Gasteiger partial charge in [-0.3, -0.25) is 0 Å². The topological polar surface area (TPSA) is 315 Å². The minimum atomic E-state index is -1.95. The zero-order valence-electron chi connectivity index (χ0n) is 41.4. The molecule has 0 aromatic carbocycles. The molecule has 71 heavy (non-hydrogen) atoms. The second-order valence-corrected chi connectivity index (χ2v) is 23.5. The van der Waals surface area contributed by atoms with E-state index in [2.05, 4.69) is 33.8 Å². The van der Waals surface area contributed by atoms with Crippen LogP contribution in [0.5, 0.6) is 0 Å². The van der Waals surface area contributed by atoms with E-state index in [9.17, 15) is 56.2 Å². The summed E-state index contributed by atoms with van der Waals surface area (Å²) in [7, 11) is 0. The van der Waals surface area contributed by atoms with Crippen molar-refractivity contribution in [1.82, 2.24) is 0 Å². The Labute approximate surface area is 414 Å². The lowest BCUT2D eigenvalue weighted by atomic mass is 9.47. The van der Waals surface area contributed by atoms with Crippen LogP contribution in [0.3, 0.4) is 0 Å². The number of aliphatic hydroxyl groups is 11. The number of fused-ring (bicyclic) bond motifs is 7. The molecule has 10 aliphatic rings. The van der Waals surface area contributed by atoms with Gasteiger partial charge in [-0.2, -0.15) is 0 Å². The van der Waals surface area contributed by atoms with Crippen LogP contribution in [0, 0.1) is 46.3 Å². The minimum Gasteiger partial charge on any atom is -0.394 e. The van der Waals surface area contributed by atoms with E-state index in [0.717, 1.165) is 51.6 Å². The molecule has 6 saturated heterocycles. The van der Waals surface area contributed by atoms with Crippen molar-refractivity contribution in [3.8, 4) is 0 Å². The van der Waals surface area contributed by atoms with Gasteiger partial charge >= 0.3 is 0 Å². The number of aliphatic hydroxyl groups excluding tert-OH is 11. The molecule has 0 aromatic heterocycles. The lowest BCUT2D eigenvalue weighted by Crippen LogP contribution is -2.67. The van der Waals surface area contributed by atoms with Gasteiger partial charge in [-0.1, -0.05) is 39.3 Å². The standard InChI is InChI=1S/C50H80O21/c1-20-8-13-50(64-17-20)21(2)32-29(71-50)15-27-25-7-6-23-14-24(9-11-48(23,4)26(25)10-12-49(27,32)5)66-47-43(70-45-40(60)37(57)33(53)22(3)65-45)42(36(56)30(16-51)67-47)69-46-41(61)38(58)35(55)31(68-46)19-63-44-39(59)34(54)28(52)18-62-44/h6,20-22,24-47,51-61H,7-19H2,1-5H3/t20-,21-,22-,24-,25+,26-,27-,28+,29-,30+,31+,32-,33-,34-,35+,36+,37+,38-,39+,40+,41+,42-,43+,44-,45-,46-,47+,48-,49-,50+/m0/s1. The van der Waals surface area contributed by atoms with Gasteiger partial charge in [0.1, 0.15) is 85.5 Å². The predicted molar refractivity (Wildman–Crippen MR) is 241 cm³/mol. The van der Waals surface area contributed by atoms with E-state index in [1.165, 1.54) is 12.5 Å². The first kappa shape index (κ1) is 53.3. The summed E-state index contributed by atoms with van der Waals surface area (Å²) in [5.74, 6) is 2.34. The maximum atomic E-state index is 11.8. The Morgan fingerprint density at radius 1 is 0.648 bits per heavy atom. The molecule has 6 heterocycles. The maximum Gasteiger partial charge on any atom is 0.187 e. The maximum absolute atomic E-state index is 11.8. The van der Waals surface area contributed by atoms with Crippen LogP contribution in [0.25, 0.3) is 0 Å². The first-order valence-corrected chi connectivity index (χ1v) is 26.3. The van der Waals surface area contributed by atoms with Gasteiger partial charge in [-0.05, 0) is 98.7 Å². The molecule has 406 valence electrons. The Kier molecular flexibility index (Phi) is 15.3. The Balaban J connectivity index is 0.866. The molecular formula is C50H80O21. The smallest absolute Gasteiger partial charge is 0.187 e. The summed E-state index contributed by atoms with van der Waals surface area (Å²) in [6.07, 6.45) is -20.1. The lowest BCUT2D eigenvalue weighted by Gasteiger charge is -2.59. The van der Waals surface area contributed by atoms with Crippen LogP contribution in [0.4, 0.5) is 0 Å². The quantitative estimate of drug-likeness (QED) is 0.113. The summed E-state index contributed by atoms with van der Waals surface area (Å²) in [5, 5.41) is 118. The zero-order chi connectivity index (χ0) is 50.6. The van der Waals surface area contributed by atoms with E-state index in [1.807, 2.05) is 0 Å². The van der Waals surface area contributed by atoms with E-state index >= 15 is 0 Å². The van der Waals surface area contributed by atoms with E-state index in [0.29, 0.717) is 48.3 Å². The SMILES string of the molecule is C[C@H]1CC[C@@]2(OC1)O[C@H]1C[C@H]3[C@@H]4CC=C5C[C@@H](O[C@@H]6O[C@H](CO)[C@@H](O)[C@H](O[C@@H]7O[C@H](CO[C@@H]8OC[C@@H](O)[C@H](O)[C@H]8O)[C@@H](O)[C@H](O)[C@H]7O)[C@H]6O[C@@H]6O[C@@H](C)[C@H](O)[C@@H](O)[C@H]6O)CC[C@]5(C)[C@H]4CC[C@]3(C)[C@H]1[C@@H]2C. The number of hydrogen-bond acceptors (Lipinski definition) is 21. The minimum absolute atomic E-state index is 0.0908. The molecule has 0 bridgehead atoms. The number of hydrogen-bond donors (Lipinski definition) is 11. The van der Waals surface area contributed by atoms with Crippen molar-refractivity contribution in [2.24, 2.45) is 46.3 Å². The summed E-state index contributed by atoms with van der Waals surface area (Å²) >= 11 is 0. The largest absolute Gasteiger partial charge is 0.394 e. The first-order chi connectivity index (χ1) is 33.7. The molecule has 30 atom stereocenters. The van der Waals surface area contributed by atoms with Crippen molar-refractivity contribution in [3.05, 3.63) is 11.6 Å².